The van der Waals surface area contributed by atoms with Crippen LogP contribution in [0, 0.1) is 0 Å². The number of pyridine rings is 1. The van der Waals surface area contributed by atoms with Crippen molar-refractivity contribution < 1.29 is 9.59 Å². The maximum absolute atomic E-state index is 12.4. The number of hydrogen-bond donors (Lipinski definition) is 3. The number of aromatic amines is 1. The molecule has 3 N–H and O–H groups in total. The first-order valence-electron chi connectivity index (χ1n) is 6.96. The molecule has 0 bridgehead atoms. The van der Waals surface area contributed by atoms with Gasteiger partial charge in [-0.05, 0) is 31.0 Å². The molecule has 1 aliphatic heterocycles. The molecule has 1 atom stereocenters. The third kappa shape index (κ3) is 2.69. The maximum atomic E-state index is 12.4. The van der Waals surface area contributed by atoms with Gasteiger partial charge in [-0.3, -0.25) is 14.4 Å². The molecular formula is C15H14ClN3O3. The quantitative estimate of drug-likeness (QED) is 0.776. The highest BCUT2D eigenvalue weighted by atomic mass is 35.5. The van der Waals surface area contributed by atoms with Crippen molar-refractivity contribution >= 4 is 34.3 Å². The molecule has 2 aromatic rings. The summed E-state index contributed by atoms with van der Waals surface area (Å²) >= 11 is 5.87. The molecule has 0 aliphatic carbocycles. The predicted molar refractivity (Wildman–Crippen MR) is 83.1 cm³/mol. The lowest BCUT2D eigenvalue weighted by atomic mass is 10.1. The molecule has 3 rings (SSSR count). The van der Waals surface area contributed by atoms with E-state index in [4.69, 9.17) is 11.6 Å². The number of nitrogens with one attached hydrogen (secondary N) is 3. The number of H-pyrrole nitrogens is 1. The average molecular weight is 320 g/mol. The lowest BCUT2D eigenvalue weighted by molar-refractivity contribution is -0.124. The minimum atomic E-state index is -0.596. The van der Waals surface area contributed by atoms with Gasteiger partial charge in [-0.25, -0.2) is 0 Å². The fourth-order valence-corrected chi connectivity index (χ4v) is 2.68. The normalized spacial score (nSPS) is 18.0. The molecule has 0 unspecified atom stereocenters. The lowest BCUT2D eigenvalue weighted by Gasteiger charge is -2.22. The van der Waals surface area contributed by atoms with E-state index in [1.54, 1.807) is 18.2 Å². The molecule has 114 valence electrons. The molecule has 1 saturated heterocycles. The number of benzene rings is 1. The largest absolute Gasteiger partial charge is 0.360 e. The van der Waals surface area contributed by atoms with Crippen LogP contribution in [0.1, 0.15) is 23.2 Å². The summed E-state index contributed by atoms with van der Waals surface area (Å²) in [6, 6.07) is 4.19. The molecule has 0 saturated carbocycles. The predicted octanol–water partition coefficient (Wildman–Crippen LogP) is 1.19. The lowest BCUT2D eigenvalue weighted by Crippen LogP contribution is -2.50. The van der Waals surface area contributed by atoms with Crippen LogP contribution in [-0.2, 0) is 4.79 Å². The van der Waals surface area contributed by atoms with E-state index in [0.717, 1.165) is 6.42 Å². The fraction of sp³-hybridized carbons (Fsp3) is 0.267. The van der Waals surface area contributed by atoms with Gasteiger partial charge < -0.3 is 15.6 Å². The second-order valence-corrected chi connectivity index (χ2v) is 5.62. The van der Waals surface area contributed by atoms with E-state index in [1.807, 2.05) is 0 Å². The summed E-state index contributed by atoms with van der Waals surface area (Å²) in [5, 5.41) is 6.17. The number of aromatic nitrogens is 1. The van der Waals surface area contributed by atoms with Gasteiger partial charge in [-0.2, -0.15) is 0 Å². The smallest absolute Gasteiger partial charge is 0.257 e. The highest BCUT2D eigenvalue weighted by molar-refractivity contribution is 6.31. The minimum Gasteiger partial charge on any atom is -0.360 e. The van der Waals surface area contributed by atoms with Crippen molar-refractivity contribution in [1.29, 1.82) is 0 Å². The van der Waals surface area contributed by atoms with E-state index >= 15 is 0 Å². The first-order valence-corrected chi connectivity index (χ1v) is 7.33. The molecule has 6 nitrogen and oxygen atoms in total. The Bertz CT molecular complexity index is 815. The van der Waals surface area contributed by atoms with Gasteiger partial charge in [-0.15, -0.1) is 0 Å². The third-order valence-electron chi connectivity index (χ3n) is 3.68. The molecule has 22 heavy (non-hydrogen) atoms. The van der Waals surface area contributed by atoms with E-state index in [9.17, 15) is 14.4 Å². The molecular weight excluding hydrogens is 306 g/mol. The van der Waals surface area contributed by atoms with Gasteiger partial charge in [0, 0.05) is 23.2 Å². The maximum Gasteiger partial charge on any atom is 0.257 e. The van der Waals surface area contributed by atoms with Crippen LogP contribution in [0.5, 0.6) is 0 Å². The molecule has 1 aromatic heterocycles. The number of piperidine rings is 1. The van der Waals surface area contributed by atoms with Crippen LogP contribution >= 0.6 is 11.6 Å². The summed E-state index contributed by atoms with van der Waals surface area (Å²) in [5.74, 6) is -0.774. The Morgan fingerprint density at radius 3 is 2.91 bits per heavy atom. The second kappa shape index (κ2) is 5.81. The number of rotatable bonds is 2. The summed E-state index contributed by atoms with van der Waals surface area (Å²) in [7, 11) is 0. The first-order chi connectivity index (χ1) is 10.6. The van der Waals surface area contributed by atoms with Gasteiger partial charge in [0.25, 0.3) is 5.91 Å². The summed E-state index contributed by atoms with van der Waals surface area (Å²) < 4.78 is 0. The van der Waals surface area contributed by atoms with Crippen molar-refractivity contribution in [2.24, 2.45) is 0 Å². The Hall–Kier alpha value is -2.34. The Morgan fingerprint density at radius 2 is 2.14 bits per heavy atom. The van der Waals surface area contributed by atoms with Crippen molar-refractivity contribution in [2.45, 2.75) is 18.9 Å². The Balaban J connectivity index is 1.91. The highest BCUT2D eigenvalue weighted by Crippen LogP contribution is 2.15. The zero-order valence-electron chi connectivity index (χ0n) is 11.6. The fourth-order valence-electron chi connectivity index (χ4n) is 2.51. The van der Waals surface area contributed by atoms with Gasteiger partial charge >= 0.3 is 0 Å². The van der Waals surface area contributed by atoms with Gasteiger partial charge in [0.2, 0.25) is 11.3 Å². The topological polar surface area (TPSA) is 91.1 Å². The van der Waals surface area contributed by atoms with Crippen molar-refractivity contribution in [3.05, 3.63) is 45.2 Å². The third-order valence-corrected chi connectivity index (χ3v) is 3.91. The van der Waals surface area contributed by atoms with Crippen LogP contribution < -0.4 is 16.1 Å². The number of hydrogen-bond acceptors (Lipinski definition) is 3. The van der Waals surface area contributed by atoms with Gasteiger partial charge in [0.05, 0.1) is 5.52 Å². The standard InChI is InChI=1S/C15H14ClN3O3/c16-8-3-4-9-12(6-8)18-7-10(13(9)20)14(21)19-11-2-1-5-17-15(11)22/h3-4,6-7,11H,1-2,5H2,(H,17,22)(H,18,20)(H,19,21)/t11-/m0/s1. The first kappa shape index (κ1) is 14.6. The number of fused-ring (bicyclic) bond motifs is 1. The average Bonchev–Trinajstić information content (AvgIpc) is 2.49. The zero-order chi connectivity index (χ0) is 15.7. The second-order valence-electron chi connectivity index (χ2n) is 5.18. The molecule has 0 radical (unpaired) electrons. The van der Waals surface area contributed by atoms with Crippen molar-refractivity contribution in [2.75, 3.05) is 6.54 Å². The number of carbonyl (C=O) groups excluding carboxylic acids is 2. The molecule has 2 heterocycles. The summed E-state index contributed by atoms with van der Waals surface area (Å²) in [6.07, 6.45) is 2.71. The number of amides is 2. The van der Waals surface area contributed by atoms with Crippen LogP contribution in [0.3, 0.4) is 0 Å². The van der Waals surface area contributed by atoms with E-state index < -0.39 is 11.9 Å². The van der Waals surface area contributed by atoms with E-state index in [-0.39, 0.29) is 16.9 Å². The van der Waals surface area contributed by atoms with E-state index in [1.165, 1.54) is 6.20 Å². The van der Waals surface area contributed by atoms with E-state index in [2.05, 4.69) is 15.6 Å². The molecule has 7 heteroatoms. The van der Waals surface area contributed by atoms with Crippen molar-refractivity contribution in [3.63, 3.8) is 0 Å². The molecule has 1 fully saturated rings. The summed E-state index contributed by atoms with van der Waals surface area (Å²) in [6.45, 7) is 0.614. The van der Waals surface area contributed by atoms with E-state index in [0.29, 0.717) is 28.9 Å². The summed E-state index contributed by atoms with van der Waals surface area (Å²) in [5.41, 5.74) is 0.150. The van der Waals surface area contributed by atoms with Crippen LogP contribution in [0.4, 0.5) is 0 Å². The van der Waals surface area contributed by atoms with Gasteiger partial charge in [0.15, 0.2) is 0 Å². The summed E-state index contributed by atoms with van der Waals surface area (Å²) in [4.78, 5) is 39.2. The minimum absolute atomic E-state index is 0.0202. The number of carbonyl (C=O) groups is 2. The molecule has 2 amide bonds. The van der Waals surface area contributed by atoms with Crippen molar-refractivity contribution in [3.8, 4) is 0 Å². The van der Waals surface area contributed by atoms with Crippen LogP contribution in [0.15, 0.2) is 29.2 Å². The molecule has 1 aromatic carbocycles. The van der Waals surface area contributed by atoms with Gasteiger partial charge in [-0.1, -0.05) is 11.6 Å². The monoisotopic (exact) mass is 319 g/mol. The van der Waals surface area contributed by atoms with Gasteiger partial charge in [0.1, 0.15) is 11.6 Å². The number of halogens is 1. The molecule has 0 spiro atoms. The van der Waals surface area contributed by atoms with Crippen LogP contribution in [-0.4, -0.2) is 29.4 Å². The van der Waals surface area contributed by atoms with Crippen molar-refractivity contribution in [1.82, 2.24) is 15.6 Å². The Morgan fingerprint density at radius 1 is 1.32 bits per heavy atom. The zero-order valence-corrected chi connectivity index (χ0v) is 12.4. The SMILES string of the molecule is O=C(N[C@H]1CCCNC1=O)c1c[nH]c2cc(Cl)ccc2c1=O. The Labute approximate surface area is 130 Å². The molecule has 1 aliphatic rings. The highest BCUT2D eigenvalue weighted by Gasteiger charge is 2.25. The van der Waals surface area contributed by atoms with Crippen LogP contribution in [0.25, 0.3) is 10.9 Å². The Kier molecular flexibility index (Phi) is 3.85. The van der Waals surface area contributed by atoms with Crippen LogP contribution in [0.2, 0.25) is 5.02 Å².